The number of nitrogens with zero attached hydrogens (tertiary/aromatic N) is 4. The van der Waals surface area contributed by atoms with Crippen molar-refractivity contribution in [3.8, 4) is 6.01 Å². The first-order valence-corrected chi connectivity index (χ1v) is 16.3. The van der Waals surface area contributed by atoms with Gasteiger partial charge in [0, 0.05) is 28.6 Å². The minimum atomic E-state index is -0.0830. The average Bonchev–Trinajstić information content (AvgIpc) is 2.93. The van der Waals surface area contributed by atoms with Crippen LogP contribution in [0.5, 0.6) is 6.01 Å². The third-order valence-corrected chi connectivity index (χ3v) is 9.34. The van der Waals surface area contributed by atoms with Crippen molar-refractivity contribution in [1.29, 1.82) is 0 Å². The summed E-state index contributed by atoms with van der Waals surface area (Å²) in [4.78, 5) is 37.9. The molecular formula is C28H34N4O3S3. The number of ether oxygens (including phenoxy) is 1. The zero-order chi connectivity index (χ0) is 27.1. The van der Waals surface area contributed by atoms with Gasteiger partial charge in [-0.1, -0.05) is 61.0 Å². The minimum Gasteiger partial charge on any atom is -0.465 e. The number of aromatic nitrogens is 4. The second-order valence-electron chi connectivity index (χ2n) is 8.92. The maximum atomic E-state index is 13.3. The Morgan fingerprint density at radius 3 is 1.89 bits per heavy atom. The molecule has 4 rings (SSSR count). The number of hydrogen-bond donors (Lipinski definition) is 0. The summed E-state index contributed by atoms with van der Waals surface area (Å²) in [7, 11) is 3.11. The zero-order valence-corrected chi connectivity index (χ0v) is 24.8. The third kappa shape index (κ3) is 6.40. The Bertz CT molecular complexity index is 1420. The molecule has 0 aliphatic carbocycles. The van der Waals surface area contributed by atoms with Crippen molar-refractivity contribution in [2.45, 2.75) is 81.4 Å². The van der Waals surface area contributed by atoms with Crippen molar-refractivity contribution >= 4 is 55.2 Å². The van der Waals surface area contributed by atoms with Crippen molar-refractivity contribution < 1.29 is 4.74 Å². The molecule has 7 nitrogen and oxygen atoms in total. The standard InChI is InChI=1S/C28H34N4O3S3/c1-5-13-31-25(33)21-17-19(9-11-23(21)29-27(31)35-15-7-3)37-38-20-10-12-24-22(18-20)26(34)32(14-6-2)28(30-24)36-16-8-4/h9-12,17-18H,5-8,13-16H2,1-4H3. The van der Waals surface area contributed by atoms with E-state index in [0.717, 1.165) is 51.9 Å². The van der Waals surface area contributed by atoms with Crippen LogP contribution >= 0.6 is 33.3 Å². The highest BCUT2D eigenvalue weighted by molar-refractivity contribution is 8.76. The fourth-order valence-electron chi connectivity index (χ4n) is 4.01. The van der Waals surface area contributed by atoms with Crippen LogP contribution in [-0.2, 0) is 13.1 Å². The molecular weight excluding hydrogens is 537 g/mol. The number of fused-ring (bicyclic) bond motifs is 2. The Kier molecular flexibility index (Phi) is 10.2. The van der Waals surface area contributed by atoms with Crippen molar-refractivity contribution in [2.24, 2.45) is 0 Å². The number of thioether (sulfide) groups is 1. The molecule has 4 aromatic rings. The molecule has 0 amide bonds. The first kappa shape index (κ1) is 28.6. The van der Waals surface area contributed by atoms with Gasteiger partial charge in [0.05, 0.1) is 28.4 Å². The van der Waals surface area contributed by atoms with Gasteiger partial charge in [-0.3, -0.25) is 18.7 Å². The van der Waals surface area contributed by atoms with Gasteiger partial charge in [-0.15, -0.1) is 0 Å². The fourth-order valence-corrected chi connectivity index (χ4v) is 6.86. The molecule has 0 aliphatic heterocycles. The lowest BCUT2D eigenvalue weighted by atomic mass is 10.2. The Morgan fingerprint density at radius 2 is 1.32 bits per heavy atom. The van der Waals surface area contributed by atoms with E-state index in [1.807, 2.05) is 50.2 Å². The molecule has 2 aromatic heterocycles. The van der Waals surface area contributed by atoms with Gasteiger partial charge in [-0.2, -0.15) is 4.98 Å². The molecule has 0 radical (unpaired) electrons. The number of benzene rings is 2. The topological polar surface area (TPSA) is 79.0 Å². The third-order valence-electron chi connectivity index (χ3n) is 5.78. The van der Waals surface area contributed by atoms with Crippen molar-refractivity contribution in [3.63, 3.8) is 0 Å². The predicted molar refractivity (Wildman–Crippen MR) is 161 cm³/mol. The van der Waals surface area contributed by atoms with E-state index in [2.05, 4.69) is 18.8 Å². The quantitative estimate of drug-likeness (QED) is 0.0964. The van der Waals surface area contributed by atoms with Gasteiger partial charge in [0.2, 0.25) is 0 Å². The summed E-state index contributed by atoms with van der Waals surface area (Å²) in [6.07, 6.45) is 3.57. The van der Waals surface area contributed by atoms with E-state index in [9.17, 15) is 9.59 Å². The largest absolute Gasteiger partial charge is 0.465 e. The van der Waals surface area contributed by atoms with Gasteiger partial charge < -0.3 is 4.74 Å². The molecule has 38 heavy (non-hydrogen) atoms. The van der Waals surface area contributed by atoms with Crippen LogP contribution in [0.1, 0.15) is 53.4 Å². The van der Waals surface area contributed by atoms with Crippen LogP contribution in [0.2, 0.25) is 0 Å². The van der Waals surface area contributed by atoms with Crippen LogP contribution in [0.25, 0.3) is 21.8 Å². The molecule has 0 bridgehead atoms. The maximum Gasteiger partial charge on any atom is 0.299 e. The summed E-state index contributed by atoms with van der Waals surface area (Å²) in [6.45, 7) is 10.0. The van der Waals surface area contributed by atoms with Gasteiger partial charge in [0.25, 0.3) is 17.1 Å². The second kappa shape index (κ2) is 13.6. The molecule has 2 heterocycles. The number of rotatable bonds is 13. The summed E-state index contributed by atoms with van der Waals surface area (Å²) >= 11 is 1.64. The fraction of sp³-hybridized carbons (Fsp3) is 0.429. The van der Waals surface area contributed by atoms with E-state index >= 15 is 0 Å². The Labute approximate surface area is 235 Å². The lowest BCUT2D eigenvalue weighted by Gasteiger charge is -2.13. The van der Waals surface area contributed by atoms with Gasteiger partial charge in [0.1, 0.15) is 0 Å². The molecule has 2 aromatic carbocycles. The normalized spacial score (nSPS) is 11.5. The first-order valence-electron chi connectivity index (χ1n) is 13.2. The van der Waals surface area contributed by atoms with Crippen LogP contribution in [0.15, 0.2) is 60.9 Å². The highest BCUT2D eigenvalue weighted by Crippen LogP contribution is 2.38. The van der Waals surface area contributed by atoms with Crippen LogP contribution in [0, 0.1) is 0 Å². The lowest BCUT2D eigenvalue weighted by Crippen LogP contribution is -2.24. The second-order valence-corrected chi connectivity index (χ2v) is 12.3. The monoisotopic (exact) mass is 570 g/mol. The van der Waals surface area contributed by atoms with Gasteiger partial charge in [0.15, 0.2) is 5.16 Å². The molecule has 0 saturated carbocycles. The molecule has 202 valence electrons. The van der Waals surface area contributed by atoms with E-state index in [0.29, 0.717) is 42.0 Å². The summed E-state index contributed by atoms with van der Waals surface area (Å²) in [6, 6.07) is 12.0. The number of hydrogen-bond acceptors (Lipinski definition) is 8. The Balaban J connectivity index is 1.61. The summed E-state index contributed by atoms with van der Waals surface area (Å²) in [5.41, 5.74) is 1.29. The first-order chi connectivity index (χ1) is 18.5. The Morgan fingerprint density at radius 1 is 0.737 bits per heavy atom. The van der Waals surface area contributed by atoms with E-state index in [-0.39, 0.29) is 11.1 Å². The maximum absolute atomic E-state index is 13.3. The predicted octanol–water partition coefficient (Wildman–Crippen LogP) is 7.02. The summed E-state index contributed by atoms with van der Waals surface area (Å²) in [5.74, 6) is 0.935. The van der Waals surface area contributed by atoms with Crippen LogP contribution in [-0.4, -0.2) is 31.5 Å². The van der Waals surface area contributed by atoms with E-state index < -0.39 is 0 Å². The van der Waals surface area contributed by atoms with Crippen molar-refractivity contribution in [2.75, 3.05) is 12.4 Å². The minimum absolute atomic E-state index is 0.0113. The highest BCUT2D eigenvalue weighted by Gasteiger charge is 2.14. The van der Waals surface area contributed by atoms with Gasteiger partial charge in [-0.05, 0) is 62.1 Å². The van der Waals surface area contributed by atoms with Crippen LogP contribution < -0.4 is 15.9 Å². The molecule has 0 spiro atoms. The van der Waals surface area contributed by atoms with E-state index in [1.165, 1.54) is 0 Å². The smallest absolute Gasteiger partial charge is 0.299 e. The van der Waals surface area contributed by atoms with E-state index in [4.69, 9.17) is 9.72 Å². The molecule has 0 N–H and O–H groups in total. The highest BCUT2D eigenvalue weighted by atomic mass is 33.1. The van der Waals surface area contributed by atoms with Gasteiger partial charge >= 0.3 is 0 Å². The summed E-state index contributed by atoms with van der Waals surface area (Å²) in [5, 5.41) is 2.01. The van der Waals surface area contributed by atoms with Crippen molar-refractivity contribution in [1.82, 2.24) is 19.1 Å². The molecule has 0 atom stereocenters. The van der Waals surface area contributed by atoms with E-state index in [1.54, 1.807) is 42.5 Å². The zero-order valence-electron chi connectivity index (χ0n) is 22.4. The van der Waals surface area contributed by atoms with Gasteiger partial charge in [-0.25, -0.2) is 4.98 Å². The van der Waals surface area contributed by atoms with Crippen molar-refractivity contribution in [3.05, 3.63) is 57.1 Å². The molecule has 10 heteroatoms. The molecule has 0 saturated heterocycles. The molecule has 0 fully saturated rings. The summed E-state index contributed by atoms with van der Waals surface area (Å²) < 4.78 is 9.20. The Hall–Kier alpha value is -2.43. The SMILES string of the molecule is CCCOc1nc2ccc(SSc3ccc4nc(SCCC)n(CCC)c(=O)c4c3)cc2c(=O)n1CCC. The lowest BCUT2D eigenvalue weighted by molar-refractivity contribution is 0.272. The molecule has 0 aliphatic rings. The van der Waals surface area contributed by atoms with Crippen LogP contribution in [0.3, 0.4) is 0 Å². The van der Waals surface area contributed by atoms with Crippen LogP contribution in [0.4, 0.5) is 0 Å². The average molecular weight is 571 g/mol. The molecule has 0 unspecified atom stereocenters.